The molecule has 2 rings (SSSR count). The Labute approximate surface area is 141 Å². The van der Waals surface area contributed by atoms with Crippen LogP contribution in [-0.4, -0.2) is 11.2 Å². The molecule has 4 heteroatoms. The summed E-state index contributed by atoms with van der Waals surface area (Å²) in [5, 5.41) is 10.6. The van der Waals surface area contributed by atoms with E-state index in [-0.39, 0.29) is 6.10 Å². The van der Waals surface area contributed by atoms with Crippen molar-refractivity contribution in [3.05, 3.63) is 61.6 Å². The normalized spacial score (nSPS) is 12.5. The highest BCUT2D eigenvalue weighted by Crippen LogP contribution is 2.31. The SMILES string of the molecule is CC(C)Oc1cccc(C(O)c2cc(I)ccc2Br)c1. The van der Waals surface area contributed by atoms with Gasteiger partial charge in [-0.05, 0) is 72.3 Å². The van der Waals surface area contributed by atoms with Gasteiger partial charge in [-0.25, -0.2) is 0 Å². The van der Waals surface area contributed by atoms with Gasteiger partial charge >= 0.3 is 0 Å². The number of hydrogen-bond donors (Lipinski definition) is 1. The molecule has 0 radical (unpaired) electrons. The molecule has 0 saturated heterocycles. The van der Waals surface area contributed by atoms with Gasteiger partial charge < -0.3 is 9.84 Å². The van der Waals surface area contributed by atoms with E-state index in [1.807, 2.05) is 56.3 Å². The van der Waals surface area contributed by atoms with Crippen molar-refractivity contribution in [2.24, 2.45) is 0 Å². The molecular formula is C16H16BrIO2. The molecule has 1 N–H and O–H groups in total. The van der Waals surface area contributed by atoms with Crippen LogP contribution in [0.25, 0.3) is 0 Å². The zero-order valence-corrected chi connectivity index (χ0v) is 15.1. The van der Waals surface area contributed by atoms with Gasteiger partial charge in [0.25, 0.3) is 0 Å². The summed E-state index contributed by atoms with van der Waals surface area (Å²) in [4.78, 5) is 0. The smallest absolute Gasteiger partial charge is 0.120 e. The molecule has 106 valence electrons. The molecule has 0 aliphatic carbocycles. The average Bonchev–Trinajstić information content (AvgIpc) is 2.40. The predicted molar refractivity (Wildman–Crippen MR) is 93.1 cm³/mol. The summed E-state index contributed by atoms with van der Waals surface area (Å²) < 4.78 is 7.67. The van der Waals surface area contributed by atoms with Crippen LogP contribution in [0.1, 0.15) is 31.1 Å². The lowest BCUT2D eigenvalue weighted by atomic mass is 10.0. The van der Waals surface area contributed by atoms with Crippen LogP contribution < -0.4 is 4.74 Å². The summed E-state index contributed by atoms with van der Waals surface area (Å²) in [5.41, 5.74) is 1.68. The second-order valence-electron chi connectivity index (χ2n) is 4.81. The van der Waals surface area contributed by atoms with Crippen molar-refractivity contribution in [1.82, 2.24) is 0 Å². The van der Waals surface area contributed by atoms with E-state index in [1.54, 1.807) is 0 Å². The topological polar surface area (TPSA) is 29.5 Å². The average molecular weight is 447 g/mol. The molecular weight excluding hydrogens is 431 g/mol. The lowest BCUT2D eigenvalue weighted by molar-refractivity contribution is 0.215. The van der Waals surface area contributed by atoms with E-state index in [9.17, 15) is 5.11 Å². The maximum atomic E-state index is 10.6. The van der Waals surface area contributed by atoms with E-state index in [0.717, 1.165) is 24.9 Å². The lowest BCUT2D eigenvalue weighted by Crippen LogP contribution is -2.07. The van der Waals surface area contributed by atoms with Crippen LogP contribution in [0.5, 0.6) is 5.75 Å². The number of benzene rings is 2. The van der Waals surface area contributed by atoms with E-state index >= 15 is 0 Å². The number of aliphatic hydroxyl groups is 1. The van der Waals surface area contributed by atoms with Crippen molar-refractivity contribution in [3.63, 3.8) is 0 Å². The summed E-state index contributed by atoms with van der Waals surface area (Å²) in [6.45, 7) is 3.97. The second kappa shape index (κ2) is 6.91. The van der Waals surface area contributed by atoms with Gasteiger partial charge in [0.2, 0.25) is 0 Å². The van der Waals surface area contributed by atoms with Crippen LogP contribution in [0.15, 0.2) is 46.9 Å². The second-order valence-corrected chi connectivity index (χ2v) is 6.91. The molecule has 2 aromatic rings. The van der Waals surface area contributed by atoms with E-state index in [0.29, 0.717) is 0 Å². The fourth-order valence-corrected chi connectivity index (χ4v) is 2.91. The number of halogens is 2. The highest BCUT2D eigenvalue weighted by Gasteiger charge is 2.15. The van der Waals surface area contributed by atoms with Crippen LogP contribution in [0.2, 0.25) is 0 Å². The summed E-state index contributed by atoms with van der Waals surface area (Å²) in [5.74, 6) is 0.776. The van der Waals surface area contributed by atoms with E-state index in [4.69, 9.17) is 4.74 Å². The van der Waals surface area contributed by atoms with Crippen LogP contribution in [0.3, 0.4) is 0 Å². The van der Waals surface area contributed by atoms with Gasteiger partial charge in [-0.15, -0.1) is 0 Å². The van der Waals surface area contributed by atoms with Gasteiger partial charge in [0, 0.05) is 13.6 Å². The first-order valence-electron chi connectivity index (χ1n) is 6.37. The van der Waals surface area contributed by atoms with Crippen molar-refractivity contribution in [3.8, 4) is 5.75 Å². The van der Waals surface area contributed by atoms with E-state index in [2.05, 4.69) is 38.5 Å². The molecule has 0 amide bonds. The van der Waals surface area contributed by atoms with Crippen LogP contribution in [-0.2, 0) is 0 Å². The van der Waals surface area contributed by atoms with Gasteiger partial charge in [-0.2, -0.15) is 0 Å². The maximum absolute atomic E-state index is 10.6. The first-order chi connectivity index (χ1) is 9.47. The Morgan fingerprint density at radius 1 is 1.15 bits per heavy atom. The highest BCUT2D eigenvalue weighted by atomic mass is 127. The quantitative estimate of drug-likeness (QED) is 0.675. The third-order valence-corrected chi connectivity index (χ3v) is 4.19. The van der Waals surface area contributed by atoms with Crippen LogP contribution in [0, 0.1) is 3.57 Å². The minimum absolute atomic E-state index is 0.117. The number of aliphatic hydroxyl groups excluding tert-OH is 1. The Balaban J connectivity index is 2.33. The predicted octanol–water partition coefficient (Wildman–Crippen LogP) is 4.92. The Morgan fingerprint density at radius 2 is 1.90 bits per heavy atom. The molecule has 0 aromatic heterocycles. The zero-order chi connectivity index (χ0) is 14.7. The summed E-state index contributed by atoms with van der Waals surface area (Å²) >= 11 is 5.73. The monoisotopic (exact) mass is 446 g/mol. The lowest BCUT2D eigenvalue weighted by Gasteiger charge is -2.16. The summed E-state index contributed by atoms with van der Waals surface area (Å²) in [6.07, 6.45) is -0.554. The summed E-state index contributed by atoms with van der Waals surface area (Å²) in [6, 6.07) is 13.5. The molecule has 0 aliphatic rings. The molecule has 0 spiro atoms. The van der Waals surface area contributed by atoms with Gasteiger partial charge in [0.15, 0.2) is 0 Å². The molecule has 0 saturated carbocycles. The van der Waals surface area contributed by atoms with Gasteiger partial charge in [0.1, 0.15) is 11.9 Å². The van der Waals surface area contributed by atoms with Crippen LogP contribution >= 0.6 is 38.5 Å². The minimum atomic E-state index is -0.671. The van der Waals surface area contributed by atoms with Gasteiger partial charge in [0.05, 0.1) is 6.10 Å². The van der Waals surface area contributed by atoms with Gasteiger partial charge in [-0.1, -0.05) is 28.1 Å². The highest BCUT2D eigenvalue weighted by molar-refractivity contribution is 14.1. The molecule has 2 aromatic carbocycles. The maximum Gasteiger partial charge on any atom is 0.120 e. The molecule has 0 aliphatic heterocycles. The molecule has 1 unspecified atom stereocenters. The van der Waals surface area contributed by atoms with Crippen molar-refractivity contribution in [1.29, 1.82) is 0 Å². The Bertz CT molecular complexity index is 599. The Hall–Kier alpha value is -0.590. The standard InChI is InChI=1S/C16H16BrIO2/c1-10(2)20-13-5-3-4-11(8-13)16(19)14-9-12(18)6-7-15(14)17/h3-10,16,19H,1-2H3. The van der Waals surface area contributed by atoms with Crippen molar-refractivity contribution in [2.45, 2.75) is 26.1 Å². The van der Waals surface area contributed by atoms with E-state index in [1.165, 1.54) is 0 Å². The Morgan fingerprint density at radius 3 is 2.60 bits per heavy atom. The Kier molecular flexibility index (Phi) is 5.46. The molecule has 0 bridgehead atoms. The fraction of sp³-hybridized carbons (Fsp3) is 0.250. The molecule has 1 atom stereocenters. The molecule has 20 heavy (non-hydrogen) atoms. The summed E-state index contributed by atoms with van der Waals surface area (Å²) in [7, 11) is 0. The van der Waals surface area contributed by atoms with E-state index < -0.39 is 6.10 Å². The number of rotatable bonds is 4. The first-order valence-corrected chi connectivity index (χ1v) is 8.24. The molecule has 0 heterocycles. The van der Waals surface area contributed by atoms with Crippen LogP contribution in [0.4, 0.5) is 0 Å². The number of hydrogen-bond acceptors (Lipinski definition) is 2. The number of ether oxygens (including phenoxy) is 1. The largest absolute Gasteiger partial charge is 0.491 e. The third kappa shape index (κ3) is 3.96. The van der Waals surface area contributed by atoms with Gasteiger partial charge in [-0.3, -0.25) is 0 Å². The zero-order valence-electron chi connectivity index (χ0n) is 11.3. The third-order valence-electron chi connectivity index (χ3n) is 2.80. The fourth-order valence-electron chi connectivity index (χ4n) is 1.93. The van der Waals surface area contributed by atoms with Crippen molar-refractivity contribution in [2.75, 3.05) is 0 Å². The minimum Gasteiger partial charge on any atom is -0.491 e. The van der Waals surface area contributed by atoms with Crippen molar-refractivity contribution < 1.29 is 9.84 Å². The molecule has 2 nitrogen and oxygen atoms in total. The first kappa shape index (κ1) is 15.8. The molecule has 0 fully saturated rings. The van der Waals surface area contributed by atoms with Crippen molar-refractivity contribution >= 4 is 38.5 Å².